The molecule has 1 aliphatic heterocycles. The molecule has 1 amide bonds. The smallest absolute Gasteiger partial charge is 0.247 e. The Balaban J connectivity index is 1.80. The molecule has 0 N–H and O–H groups in total. The monoisotopic (exact) mass is 379 g/mol. The number of nitrogens with zero attached hydrogens (tertiary/aromatic N) is 1. The summed E-state index contributed by atoms with van der Waals surface area (Å²) in [4.78, 5) is 14.3. The molecular weight excluding hydrogens is 362 g/mol. The number of sulfone groups is 1. The molecule has 0 aliphatic carbocycles. The lowest BCUT2D eigenvalue weighted by Crippen LogP contribution is -2.39. The number of amides is 1. The molecule has 1 saturated heterocycles. The predicted octanol–water partition coefficient (Wildman–Crippen LogP) is 3.16. The van der Waals surface area contributed by atoms with Crippen molar-refractivity contribution in [1.82, 2.24) is 4.90 Å². The first-order valence-corrected chi connectivity index (χ1v) is 10.1. The van der Waals surface area contributed by atoms with Crippen molar-refractivity contribution in [2.45, 2.75) is 19.0 Å². The normalized spacial score (nSPS) is 19.3. The van der Waals surface area contributed by atoms with Gasteiger partial charge in [0.05, 0.1) is 17.8 Å². The number of benzene rings is 1. The molecule has 1 unspecified atom stereocenters. The van der Waals surface area contributed by atoms with Gasteiger partial charge in [0.15, 0.2) is 9.84 Å². The highest BCUT2D eigenvalue weighted by atomic mass is 35.5. The minimum atomic E-state index is -3.09. The highest BCUT2D eigenvalue weighted by molar-refractivity contribution is 7.91. The Labute approximate surface area is 151 Å². The Morgan fingerprint density at radius 2 is 2.04 bits per heavy atom. The summed E-state index contributed by atoms with van der Waals surface area (Å²) in [5.41, 5.74) is 0.897. The second kappa shape index (κ2) is 7.45. The zero-order chi connectivity index (χ0) is 17.9. The quantitative estimate of drug-likeness (QED) is 0.748. The van der Waals surface area contributed by atoms with Crippen LogP contribution >= 0.6 is 11.6 Å². The average Bonchev–Trinajstić information content (AvgIpc) is 3.21. The summed E-state index contributed by atoms with van der Waals surface area (Å²) in [5, 5.41) is 0.614. The summed E-state index contributed by atoms with van der Waals surface area (Å²) in [6, 6.07) is 10.3. The number of rotatable bonds is 5. The molecule has 0 bridgehead atoms. The van der Waals surface area contributed by atoms with Gasteiger partial charge in [0, 0.05) is 23.7 Å². The van der Waals surface area contributed by atoms with Gasteiger partial charge in [0.1, 0.15) is 5.76 Å². The van der Waals surface area contributed by atoms with Crippen molar-refractivity contribution >= 4 is 33.4 Å². The lowest BCUT2D eigenvalue weighted by molar-refractivity contribution is -0.128. The highest BCUT2D eigenvalue weighted by Gasteiger charge is 2.34. The van der Waals surface area contributed by atoms with E-state index >= 15 is 0 Å². The van der Waals surface area contributed by atoms with Gasteiger partial charge in [-0.2, -0.15) is 0 Å². The topological polar surface area (TPSA) is 67.6 Å². The molecule has 1 atom stereocenters. The van der Waals surface area contributed by atoms with Gasteiger partial charge < -0.3 is 9.32 Å². The predicted molar refractivity (Wildman–Crippen MR) is 96.8 cm³/mol. The van der Waals surface area contributed by atoms with Crippen molar-refractivity contribution < 1.29 is 17.6 Å². The molecule has 2 aromatic rings. The van der Waals surface area contributed by atoms with E-state index in [9.17, 15) is 13.2 Å². The number of carbonyl (C=O) groups is 1. The summed E-state index contributed by atoms with van der Waals surface area (Å²) in [7, 11) is -3.09. The number of carbonyl (C=O) groups excluding carboxylic acids is 1. The SMILES string of the molecule is O=C(C=Cc1ccco1)N(Cc1ccc(Cl)cc1)C1CCS(=O)(=O)C1. The van der Waals surface area contributed by atoms with Gasteiger partial charge in [-0.25, -0.2) is 8.42 Å². The van der Waals surface area contributed by atoms with Crippen LogP contribution in [-0.2, 0) is 21.2 Å². The van der Waals surface area contributed by atoms with Gasteiger partial charge in [-0.1, -0.05) is 23.7 Å². The minimum Gasteiger partial charge on any atom is -0.465 e. The van der Waals surface area contributed by atoms with Crippen LogP contribution in [0.4, 0.5) is 0 Å². The fourth-order valence-electron chi connectivity index (χ4n) is 2.83. The van der Waals surface area contributed by atoms with E-state index in [0.29, 0.717) is 23.7 Å². The van der Waals surface area contributed by atoms with Crippen LogP contribution in [0, 0.1) is 0 Å². The summed E-state index contributed by atoms with van der Waals surface area (Å²) < 4.78 is 28.8. The third-order valence-corrected chi connectivity index (χ3v) is 6.13. The highest BCUT2D eigenvalue weighted by Crippen LogP contribution is 2.21. The fraction of sp³-hybridized carbons (Fsp3) is 0.278. The second-order valence-corrected chi connectivity index (χ2v) is 8.66. The minimum absolute atomic E-state index is 0.000914. The fourth-order valence-corrected chi connectivity index (χ4v) is 4.69. The molecule has 1 fully saturated rings. The maximum Gasteiger partial charge on any atom is 0.247 e. The Morgan fingerprint density at radius 3 is 2.64 bits per heavy atom. The van der Waals surface area contributed by atoms with E-state index in [1.165, 1.54) is 12.3 Å². The Bertz CT molecular complexity index is 857. The molecule has 5 nitrogen and oxygen atoms in total. The number of halogens is 1. The summed E-state index contributed by atoms with van der Waals surface area (Å²) in [6.45, 7) is 0.332. The van der Waals surface area contributed by atoms with Crippen LogP contribution < -0.4 is 0 Å². The maximum absolute atomic E-state index is 12.7. The number of hydrogen-bond donors (Lipinski definition) is 0. The maximum atomic E-state index is 12.7. The largest absolute Gasteiger partial charge is 0.465 e. The molecule has 7 heteroatoms. The third-order valence-electron chi connectivity index (χ3n) is 4.13. The van der Waals surface area contributed by atoms with E-state index in [1.54, 1.807) is 35.2 Å². The molecule has 1 aliphatic rings. The van der Waals surface area contributed by atoms with Crippen LogP contribution in [0.5, 0.6) is 0 Å². The van der Waals surface area contributed by atoms with Crippen LogP contribution in [0.25, 0.3) is 6.08 Å². The van der Waals surface area contributed by atoms with E-state index in [-0.39, 0.29) is 23.5 Å². The van der Waals surface area contributed by atoms with Gasteiger partial charge >= 0.3 is 0 Å². The second-order valence-electron chi connectivity index (χ2n) is 6.00. The summed E-state index contributed by atoms with van der Waals surface area (Å²) >= 11 is 5.90. The first kappa shape index (κ1) is 17.8. The van der Waals surface area contributed by atoms with E-state index in [4.69, 9.17) is 16.0 Å². The average molecular weight is 380 g/mol. The zero-order valence-electron chi connectivity index (χ0n) is 13.5. The zero-order valence-corrected chi connectivity index (χ0v) is 15.0. The number of furan rings is 1. The Morgan fingerprint density at radius 1 is 1.28 bits per heavy atom. The Hall–Kier alpha value is -2.05. The lowest BCUT2D eigenvalue weighted by atomic mass is 10.1. The van der Waals surface area contributed by atoms with Crippen LogP contribution in [0.1, 0.15) is 17.7 Å². The molecule has 132 valence electrons. The van der Waals surface area contributed by atoms with Gasteiger partial charge in [-0.05, 0) is 42.3 Å². The van der Waals surface area contributed by atoms with Crippen LogP contribution in [0.2, 0.25) is 5.02 Å². The molecule has 1 aromatic heterocycles. The van der Waals surface area contributed by atoms with Gasteiger partial charge in [0.2, 0.25) is 5.91 Å². The first-order chi connectivity index (χ1) is 11.9. The Kier molecular flexibility index (Phi) is 5.30. The van der Waals surface area contributed by atoms with E-state index in [2.05, 4.69) is 0 Å². The van der Waals surface area contributed by atoms with Crippen LogP contribution in [0.15, 0.2) is 53.2 Å². The lowest BCUT2D eigenvalue weighted by Gasteiger charge is -2.27. The molecule has 0 spiro atoms. The van der Waals surface area contributed by atoms with E-state index in [1.807, 2.05) is 12.1 Å². The summed E-state index contributed by atoms with van der Waals surface area (Å²) in [5.74, 6) is 0.442. The van der Waals surface area contributed by atoms with Gasteiger partial charge in [-0.3, -0.25) is 4.79 Å². The molecule has 0 saturated carbocycles. The molecule has 3 rings (SSSR count). The van der Waals surface area contributed by atoms with Crippen molar-refractivity contribution in [2.24, 2.45) is 0 Å². The van der Waals surface area contributed by atoms with Crippen LogP contribution in [0.3, 0.4) is 0 Å². The first-order valence-electron chi connectivity index (χ1n) is 7.90. The molecule has 25 heavy (non-hydrogen) atoms. The molecular formula is C18H18ClNO4S. The van der Waals surface area contributed by atoms with Crippen molar-refractivity contribution in [3.63, 3.8) is 0 Å². The molecule has 0 radical (unpaired) electrons. The standard InChI is InChI=1S/C18H18ClNO4S/c19-15-5-3-14(4-6-15)12-20(16-9-11-25(22,23)13-16)18(21)8-7-17-2-1-10-24-17/h1-8,10,16H,9,11-13H2. The summed E-state index contributed by atoms with van der Waals surface area (Å²) in [6.07, 6.45) is 4.98. The van der Waals surface area contributed by atoms with Crippen LogP contribution in [-0.4, -0.2) is 36.8 Å². The van der Waals surface area contributed by atoms with E-state index in [0.717, 1.165) is 5.56 Å². The van der Waals surface area contributed by atoms with E-state index < -0.39 is 9.84 Å². The van der Waals surface area contributed by atoms with Crippen molar-refractivity contribution in [3.8, 4) is 0 Å². The third kappa shape index (κ3) is 4.74. The van der Waals surface area contributed by atoms with Gasteiger partial charge in [0.25, 0.3) is 0 Å². The van der Waals surface area contributed by atoms with Crippen molar-refractivity contribution in [3.05, 3.63) is 65.1 Å². The van der Waals surface area contributed by atoms with Crippen molar-refractivity contribution in [1.29, 1.82) is 0 Å². The molecule has 1 aromatic carbocycles. The van der Waals surface area contributed by atoms with Crippen molar-refractivity contribution in [2.75, 3.05) is 11.5 Å². The van der Waals surface area contributed by atoms with Gasteiger partial charge in [-0.15, -0.1) is 0 Å². The number of hydrogen-bond acceptors (Lipinski definition) is 4. The molecule has 2 heterocycles.